The zero-order valence-corrected chi connectivity index (χ0v) is 9.72. The highest BCUT2D eigenvalue weighted by Gasteiger charge is 2.19. The van der Waals surface area contributed by atoms with E-state index in [-0.39, 0.29) is 16.7 Å². The van der Waals surface area contributed by atoms with Gasteiger partial charge in [0, 0.05) is 10.8 Å². The lowest BCUT2D eigenvalue weighted by molar-refractivity contribution is 0.0696. The molecule has 3 aromatic rings. The number of halogens is 1. The summed E-state index contributed by atoms with van der Waals surface area (Å²) in [5.41, 5.74) is -0.270. The van der Waals surface area contributed by atoms with Crippen LogP contribution in [0.5, 0.6) is 5.75 Å². The molecule has 0 aliphatic rings. The summed E-state index contributed by atoms with van der Waals surface area (Å²) in [6.45, 7) is 0. The summed E-state index contributed by atoms with van der Waals surface area (Å²) < 4.78 is 13.3. The van der Waals surface area contributed by atoms with Crippen LogP contribution in [0.15, 0.2) is 42.5 Å². The van der Waals surface area contributed by atoms with Gasteiger partial charge in [0.1, 0.15) is 17.1 Å². The molecule has 0 heterocycles. The minimum atomic E-state index is -1.28. The van der Waals surface area contributed by atoms with E-state index in [4.69, 9.17) is 0 Å². The minimum Gasteiger partial charge on any atom is -0.506 e. The van der Waals surface area contributed by atoms with Gasteiger partial charge in [0.2, 0.25) is 0 Å². The molecule has 2 N–H and O–H groups in total. The van der Waals surface area contributed by atoms with Crippen LogP contribution in [0.25, 0.3) is 21.5 Å². The van der Waals surface area contributed by atoms with Crippen LogP contribution in [0.2, 0.25) is 0 Å². The highest BCUT2D eigenvalue weighted by Crippen LogP contribution is 2.37. The number of rotatable bonds is 1. The third-order valence-electron chi connectivity index (χ3n) is 3.17. The van der Waals surface area contributed by atoms with Crippen molar-refractivity contribution in [3.8, 4) is 5.75 Å². The van der Waals surface area contributed by atoms with E-state index in [1.807, 2.05) is 0 Å². The molecule has 0 saturated heterocycles. The van der Waals surface area contributed by atoms with Crippen LogP contribution in [0, 0.1) is 5.82 Å². The number of phenols is 1. The molecule has 0 aliphatic heterocycles. The predicted octanol–water partition coefficient (Wildman–Crippen LogP) is 3.54. The second-order valence-electron chi connectivity index (χ2n) is 4.26. The van der Waals surface area contributed by atoms with Crippen molar-refractivity contribution in [2.45, 2.75) is 0 Å². The molecular formula is C15H9FO3. The van der Waals surface area contributed by atoms with Crippen molar-refractivity contribution < 1.29 is 19.4 Å². The standard InChI is InChI=1S/C15H9FO3/c16-8-5-6-10-9-3-1-2-4-11(9)14(17)13(15(18)19)12(10)7-8/h1-7,17H,(H,18,19). The Morgan fingerprint density at radius 1 is 0.947 bits per heavy atom. The monoisotopic (exact) mass is 256 g/mol. The van der Waals surface area contributed by atoms with Gasteiger partial charge >= 0.3 is 5.97 Å². The van der Waals surface area contributed by atoms with Crippen molar-refractivity contribution in [3.05, 3.63) is 53.8 Å². The average Bonchev–Trinajstić information content (AvgIpc) is 2.38. The molecular weight excluding hydrogens is 247 g/mol. The molecule has 0 aliphatic carbocycles. The smallest absolute Gasteiger partial charge is 0.340 e. The molecule has 0 bridgehead atoms. The largest absolute Gasteiger partial charge is 0.506 e. The zero-order valence-electron chi connectivity index (χ0n) is 9.72. The van der Waals surface area contributed by atoms with Crippen LogP contribution in [-0.4, -0.2) is 16.2 Å². The first-order valence-electron chi connectivity index (χ1n) is 5.66. The van der Waals surface area contributed by atoms with Gasteiger partial charge in [-0.3, -0.25) is 0 Å². The Labute approximate surface area is 107 Å². The lowest BCUT2D eigenvalue weighted by Gasteiger charge is -2.10. The normalized spacial score (nSPS) is 11.0. The highest BCUT2D eigenvalue weighted by molar-refractivity contribution is 6.19. The molecule has 3 aromatic carbocycles. The highest BCUT2D eigenvalue weighted by atomic mass is 19.1. The number of carboxylic acid groups (broad SMARTS) is 1. The van der Waals surface area contributed by atoms with Crippen molar-refractivity contribution in [3.63, 3.8) is 0 Å². The van der Waals surface area contributed by atoms with Crippen LogP contribution >= 0.6 is 0 Å². The Hall–Kier alpha value is -2.62. The average molecular weight is 256 g/mol. The van der Waals surface area contributed by atoms with Crippen LogP contribution in [0.1, 0.15) is 10.4 Å². The fourth-order valence-corrected chi connectivity index (χ4v) is 2.36. The SMILES string of the molecule is O=C(O)c1c(O)c2ccccc2c2ccc(F)cc12. The molecule has 3 rings (SSSR count). The third kappa shape index (κ3) is 1.61. The van der Waals surface area contributed by atoms with Gasteiger partial charge in [-0.2, -0.15) is 0 Å². The van der Waals surface area contributed by atoms with E-state index in [0.717, 1.165) is 6.07 Å². The maximum atomic E-state index is 13.3. The summed E-state index contributed by atoms with van der Waals surface area (Å²) in [5.74, 6) is -2.15. The van der Waals surface area contributed by atoms with E-state index < -0.39 is 11.8 Å². The number of aromatic hydroxyl groups is 1. The molecule has 3 nitrogen and oxygen atoms in total. The van der Waals surface area contributed by atoms with Crippen molar-refractivity contribution in [2.75, 3.05) is 0 Å². The molecule has 94 valence electrons. The second-order valence-corrected chi connectivity index (χ2v) is 4.26. The summed E-state index contributed by atoms with van der Waals surface area (Å²) in [6.07, 6.45) is 0. The number of carbonyl (C=O) groups is 1. The number of fused-ring (bicyclic) bond motifs is 3. The van der Waals surface area contributed by atoms with E-state index in [1.54, 1.807) is 24.3 Å². The zero-order chi connectivity index (χ0) is 13.6. The summed E-state index contributed by atoms with van der Waals surface area (Å²) >= 11 is 0. The lowest BCUT2D eigenvalue weighted by atomic mass is 9.96. The lowest BCUT2D eigenvalue weighted by Crippen LogP contribution is -1.99. The summed E-state index contributed by atoms with van der Waals surface area (Å²) in [4.78, 5) is 11.3. The van der Waals surface area contributed by atoms with E-state index in [0.29, 0.717) is 16.2 Å². The Bertz CT molecular complexity index is 824. The molecule has 0 aromatic heterocycles. The maximum absolute atomic E-state index is 13.3. The van der Waals surface area contributed by atoms with Crippen molar-refractivity contribution >= 4 is 27.5 Å². The first kappa shape index (κ1) is 11.5. The Kier molecular flexibility index (Phi) is 2.38. The molecule has 0 saturated carbocycles. The number of carboxylic acids is 1. The topological polar surface area (TPSA) is 57.5 Å². The van der Waals surface area contributed by atoms with Gasteiger partial charge < -0.3 is 10.2 Å². The quantitative estimate of drug-likeness (QED) is 0.655. The first-order chi connectivity index (χ1) is 9.09. The van der Waals surface area contributed by atoms with Crippen molar-refractivity contribution in [1.82, 2.24) is 0 Å². The van der Waals surface area contributed by atoms with Gasteiger partial charge in [0.05, 0.1) is 0 Å². The maximum Gasteiger partial charge on any atom is 0.340 e. The van der Waals surface area contributed by atoms with E-state index in [9.17, 15) is 19.4 Å². The van der Waals surface area contributed by atoms with Crippen molar-refractivity contribution in [2.24, 2.45) is 0 Å². The van der Waals surface area contributed by atoms with Gasteiger partial charge in [0.25, 0.3) is 0 Å². The number of aromatic carboxylic acids is 1. The van der Waals surface area contributed by atoms with E-state index in [2.05, 4.69) is 0 Å². The number of hydrogen-bond acceptors (Lipinski definition) is 2. The molecule has 0 unspecified atom stereocenters. The fraction of sp³-hybridized carbons (Fsp3) is 0. The molecule has 0 atom stereocenters. The van der Waals surface area contributed by atoms with Crippen LogP contribution in [0.4, 0.5) is 4.39 Å². The minimum absolute atomic E-state index is 0.198. The molecule has 0 amide bonds. The summed E-state index contributed by atoms with van der Waals surface area (Å²) in [5, 5.41) is 21.3. The van der Waals surface area contributed by atoms with E-state index in [1.165, 1.54) is 12.1 Å². The summed E-state index contributed by atoms with van der Waals surface area (Å²) in [7, 11) is 0. The van der Waals surface area contributed by atoms with Gasteiger partial charge in [-0.05, 0) is 22.9 Å². The number of hydrogen-bond donors (Lipinski definition) is 2. The van der Waals surface area contributed by atoms with Crippen molar-refractivity contribution in [1.29, 1.82) is 0 Å². The molecule has 4 heteroatoms. The molecule has 0 radical (unpaired) electrons. The Morgan fingerprint density at radius 3 is 2.26 bits per heavy atom. The fourth-order valence-electron chi connectivity index (χ4n) is 2.36. The molecule has 19 heavy (non-hydrogen) atoms. The Balaban J connectivity index is 2.65. The van der Waals surface area contributed by atoms with Gasteiger partial charge in [-0.15, -0.1) is 0 Å². The Morgan fingerprint density at radius 2 is 1.58 bits per heavy atom. The van der Waals surface area contributed by atoms with Crippen LogP contribution in [0.3, 0.4) is 0 Å². The predicted molar refractivity (Wildman–Crippen MR) is 70.0 cm³/mol. The third-order valence-corrected chi connectivity index (χ3v) is 3.17. The number of benzene rings is 3. The van der Waals surface area contributed by atoms with Gasteiger partial charge in [-0.25, -0.2) is 9.18 Å². The molecule has 0 spiro atoms. The first-order valence-corrected chi connectivity index (χ1v) is 5.66. The van der Waals surface area contributed by atoms with Crippen LogP contribution < -0.4 is 0 Å². The van der Waals surface area contributed by atoms with Gasteiger partial charge in [-0.1, -0.05) is 30.3 Å². The van der Waals surface area contributed by atoms with E-state index >= 15 is 0 Å². The van der Waals surface area contributed by atoms with Gasteiger partial charge in [0.15, 0.2) is 0 Å². The molecule has 0 fully saturated rings. The van der Waals surface area contributed by atoms with Crippen LogP contribution in [-0.2, 0) is 0 Å². The second kappa shape index (κ2) is 3.95. The summed E-state index contributed by atoms with van der Waals surface area (Å²) in [6, 6.07) is 10.8.